The fourth-order valence-corrected chi connectivity index (χ4v) is 3.21. The van der Waals surface area contributed by atoms with Crippen molar-refractivity contribution in [3.63, 3.8) is 0 Å². The largest absolute Gasteiger partial charge is 0.449 e. The molecule has 1 aromatic rings. The number of hydrogen-bond donors (Lipinski definition) is 0. The van der Waals surface area contributed by atoms with Crippen LogP contribution in [0.15, 0.2) is 36.9 Å². The smallest absolute Gasteiger partial charge is 0.409 e. The van der Waals surface area contributed by atoms with Crippen LogP contribution in [-0.2, 0) is 4.74 Å². The molecule has 0 spiro atoms. The van der Waals surface area contributed by atoms with Crippen LogP contribution in [0.2, 0.25) is 5.02 Å². The number of hydrogen-bond acceptors (Lipinski definition) is 3. The first kappa shape index (κ1) is 18.7. The molecule has 1 saturated heterocycles. The quantitative estimate of drug-likeness (QED) is 0.526. The van der Waals surface area contributed by atoms with Gasteiger partial charge < -0.3 is 14.5 Å². The van der Waals surface area contributed by atoms with Crippen molar-refractivity contribution in [2.24, 2.45) is 0 Å². The molecular weight excluding hydrogens is 324 g/mol. The van der Waals surface area contributed by atoms with Crippen LogP contribution in [0.1, 0.15) is 32.6 Å². The monoisotopic (exact) mass is 350 g/mol. The Morgan fingerprint density at radius 3 is 3.08 bits per heavy atom. The molecule has 1 unspecified atom stereocenters. The first-order valence-electron chi connectivity index (χ1n) is 8.70. The van der Waals surface area contributed by atoms with Crippen LogP contribution in [0, 0.1) is 0 Å². The molecule has 1 atom stereocenters. The van der Waals surface area contributed by atoms with E-state index in [-0.39, 0.29) is 12.1 Å². The van der Waals surface area contributed by atoms with Gasteiger partial charge in [-0.05, 0) is 37.5 Å². The van der Waals surface area contributed by atoms with E-state index in [1.165, 1.54) is 0 Å². The molecule has 1 heterocycles. The number of nitrogens with zero attached hydrogens (tertiary/aromatic N) is 2. The fourth-order valence-electron chi connectivity index (χ4n) is 3.03. The van der Waals surface area contributed by atoms with Crippen LogP contribution in [0.25, 0.3) is 0 Å². The molecule has 1 aliphatic rings. The van der Waals surface area contributed by atoms with Crippen LogP contribution in [0.5, 0.6) is 0 Å². The van der Waals surface area contributed by atoms with Gasteiger partial charge in [-0.2, -0.15) is 0 Å². The van der Waals surface area contributed by atoms with Crippen LogP contribution in [-0.4, -0.2) is 43.3 Å². The molecule has 1 fully saturated rings. The highest BCUT2D eigenvalue weighted by Crippen LogP contribution is 2.25. The topological polar surface area (TPSA) is 32.8 Å². The standard InChI is InChI=1S/C19H27ClN2O2/c1-3-5-13-24-19(23)21-12-7-10-18(15-21)22(11-4-2)17-9-6-8-16(20)14-17/h4,6,8-9,14,18H,2-3,5,7,10-13,15H2,1H3. The van der Waals surface area contributed by atoms with Gasteiger partial charge in [-0.25, -0.2) is 4.79 Å². The Labute approximate surface area is 150 Å². The zero-order valence-corrected chi connectivity index (χ0v) is 15.2. The van der Waals surface area contributed by atoms with Crippen molar-refractivity contribution in [2.75, 3.05) is 31.1 Å². The molecule has 1 aromatic carbocycles. The summed E-state index contributed by atoms with van der Waals surface area (Å²) in [7, 11) is 0. The van der Waals surface area contributed by atoms with E-state index >= 15 is 0 Å². The average molecular weight is 351 g/mol. The third-order valence-corrected chi connectivity index (χ3v) is 4.52. The van der Waals surface area contributed by atoms with E-state index in [0.717, 1.165) is 44.5 Å². The van der Waals surface area contributed by atoms with Crippen molar-refractivity contribution in [3.8, 4) is 0 Å². The van der Waals surface area contributed by atoms with Crippen molar-refractivity contribution in [1.82, 2.24) is 4.90 Å². The van der Waals surface area contributed by atoms with Gasteiger partial charge in [0.05, 0.1) is 6.61 Å². The maximum absolute atomic E-state index is 12.2. The number of halogens is 1. The summed E-state index contributed by atoms with van der Waals surface area (Å²) in [6, 6.07) is 8.08. The van der Waals surface area contributed by atoms with E-state index < -0.39 is 0 Å². The first-order valence-corrected chi connectivity index (χ1v) is 9.08. The van der Waals surface area contributed by atoms with Gasteiger partial charge in [0.15, 0.2) is 0 Å². The molecule has 24 heavy (non-hydrogen) atoms. The highest BCUT2D eigenvalue weighted by molar-refractivity contribution is 6.30. The van der Waals surface area contributed by atoms with Crippen LogP contribution in [0.3, 0.4) is 0 Å². The molecule has 132 valence electrons. The van der Waals surface area contributed by atoms with Gasteiger partial charge in [-0.15, -0.1) is 6.58 Å². The van der Waals surface area contributed by atoms with Crippen LogP contribution < -0.4 is 4.90 Å². The van der Waals surface area contributed by atoms with Gasteiger partial charge >= 0.3 is 6.09 Å². The van der Waals surface area contributed by atoms with Gasteiger partial charge in [0.2, 0.25) is 0 Å². The summed E-state index contributed by atoms with van der Waals surface area (Å²) in [6.07, 6.45) is 5.64. The maximum atomic E-state index is 12.2. The SMILES string of the molecule is C=CCN(c1cccc(Cl)c1)C1CCCN(C(=O)OCCCC)C1. The first-order chi connectivity index (χ1) is 11.7. The molecule has 1 aliphatic heterocycles. The van der Waals surface area contributed by atoms with Gasteiger partial charge in [0.1, 0.15) is 0 Å². The lowest BCUT2D eigenvalue weighted by Crippen LogP contribution is -2.50. The highest BCUT2D eigenvalue weighted by atomic mass is 35.5. The minimum Gasteiger partial charge on any atom is -0.449 e. The molecule has 0 saturated carbocycles. The lowest BCUT2D eigenvalue weighted by atomic mass is 10.0. The molecule has 0 bridgehead atoms. The van der Waals surface area contributed by atoms with Gasteiger partial charge in [0, 0.05) is 36.4 Å². The van der Waals surface area contributed by atoms with Crippen molar-refractivity contribution < 1.29 is 9.53 Å². The molecular formula is C19H27ClN2O2. The number of amides is 1. The van der Waals surface area contributed by atoms with E-state index in [2.05, 4.69) is 18.4 Å². The minimum absolute atomic E-state index is 0.196. The van der Waals surface area contributed by atoms with Gasteiger partial charge in [-0.1, -0.05) is 37.1 Å². The minimum atomic E-state index is -0.196. The predicted molar refractivity (Wildman–Crippen MR) is 99.8 cm³/mol. The molecule has 0 aromatic heterocycles. The Hall–Kier alpha value is -1.68. The van der Waals surface area contributed by atoms with E-state index in [4.69, 9.17) is 16.3 Å². The molecule has 4 nitrogen and oxygen atoms in total. The number of anilines is 1. The van der Waals surface area contributed by atoms with Crippen molar-refractivity contribution >= 4 is 23.4 Å². The average Bonchev–Trinajstić information content (AvgIpc) is 2.60. The Morgan fingerprint density at radius 1 is 1.54 bits per heavy atom. The number of likely N-dealkylation sites (tertiary alicyclic amines) is 1. The number of piperidine rings is 1. The van der Waals surface area contributed by atoms with E-state index in [9.17, 15) is 4.79 Å². The van der Waals surface area contributed by atoms with E-state index in [1.807, 2.05) is 35.2 Å². The molecule has 2 rings (SSSR count). The molecule has 5 heteroatoms. The second kappa shape index (κ2) is 9.58. The summed E-state index contributed by atoms with van der Waals surface area (Å²) < 4.78 is 5.36. The van der Waals surface area contributed by atoms with E-state index in [0.29, 0.717) is 18.2 Å². The van der Waals surface area contributed by atoms with Crippen molar-refractivity contribution in [3.05, 3.63) is 41.9 Å². The van der Waals surface area contributed by atoms with Gasteiger partial charge in [0.25, 0.3) is 0 Å². The van der Waals surface area contributed by atoms with Crippen molar-refractivity contribution in [2.45, 2.75) is 38.6 Å². The summed E-state index contributed by atoms with van der Waals surface area (Å²) in [6.45, 7) is 8.62. The number of benzene rings is 1. The molecule has 0 N–H and O–H groups in total. The normalized spacial score (nSPS) is 17.4. The number of unbranched alkanes of at least 4 members (excludes halogenated alkanes) is 1. The third-order valence-electron chi connectivity index (χ3n) is 4.28. The molecule has 0 aliphatic carbocycles. The lowest BCUT2D eigenvalue weighted by molar-refractivity contribution is 0.0902. The summed E-state index contributed by atoms with van der Waals surface area (Å²) in [5.74, 6) is 0. The predicted octanol–water partition coefficient (Wildman–Crippen LogP) is 4.73. The zero-order valence-electron chi connectivity index (χ0n) is 14.4. The second-order valence-electron chi connectivity index (χ2n) is 6.13. The summed E-state index contributed by atoms with van der Waals surface area (Å²) >= 11 is 6.14. The Morgan fingerprint density at radius 2 is 2.38 bits per heavy atom. The van der Waals surface area contributed by atoms with Gasteiger partial charge in [-0.3, -0.25) is 0 Å². The van der Waals surface area contributed by atoms with E-state index in [1.54, 1.807) is 0 Å². The maximum Gasteiger partial charge on any atom is 0.409 e. The summed E-state index contributed by atoms with van der Waals surface area (Å²) in [4.78, 5) is 16.3. The number of rotatable bonds is 7. The number of carbonyl (C=O) groups excluding carboxylic acids is 1. The Kier molecular flexibility index (Phi) is 7.44. The van der Waals surface area contributed by atoms with Crippen molar-refractivity contribution in [1.29, 1.82) is 0 Å². The number of ether oxygens (including phenoxy) is 1. The third kappa shape index (κ3) is 5.17. The molecule has 0 radical (unpaired) electrons. The van der Waals surface area contributed by atoms with Crippen LogP contribution >= 0.6 is 11.6 Å². The fraction of sp³-hybridized carbons (Fsp3) is 0.526. The lowest BCUT2D eigenvalue weighted by Gasteiger charge is -2.39. The molecule has 1 amide bonds. The zero-order chi connectivity index (χ0) is 17.4. The Bertz CT molecular complexity index is 550. The summed E-state index contributed by atoms with van der Waals surface area (Å²) in [5.41, 5.74) is 1.06. The van der Waals surface area contributed by atoms with Crippen LogP contribution in [0.4, 0.5) is 10.5 Å². The second-order valence-corrected chi connectivity index (χ2v) is 6.57. The highest BCUT2D eigenvalue weighted by Gasteiger charge is 2.28. The Balaban J connectivity index is 2.04. The summed E-state index contributed by atoms with van der Waals surface area (Å²) in [5, 5.41) is 0.716. The number of carbonyl (C=O) groups is 1.